The van der Waals surface area contributed by atoms with Crippen LogP contribution in [-0.4, -0.2) is 28.7 Å². The lowest BCUT2D eigenvalue weighted by Gasteiger charge is -2.26. The van der Waals surface area contributed by atoms with Gasteiger partial charge in [0.05, 0.1) is 5.69 Å². The molecule has 1 aliphatic heterocycles. The molecule has 25 heavy (non-hydrogen) atoms. The largest absolute Gasteiger partial charge is 0.351 e. The number of barbiturate groups is 1. The minimum Gasteiger partial charge on any atom is -0.351 e. The van der Waals surface area contributed by atoms with Crippen LogP contribution in [0, 0.1) is 5.92 Å². The maximum absolute atomic E-state index is 12.8. The topological polar surface area (TPSA) is 118 Å². The van der Waals surface area contributed by atoms with E-state index in [2.05, 4.69) is 4.98 Å². The number of anilines is 1. The smallest absolute Gasteiger partial charge is 0.328 e. The summed E-state index contributed by atoms with van der Waals surface area (Å²) in [5.41, 5.74) is 0.288. The molecule has 1 saturated heterocycles. The highest BCUT2D eigenvalue weighted by molar-refractivity contribution is 6.28. The van der Waals surface area contributed by atoms with Crippen molar-refractivity contribution in [3.05, 3.63) is 54.7 Å². The molecule has 2 heterocycles. The predicted molar refractivity (Wildman–Crippen MR) is 84.0 cm³/mol. The van der Waals surface area contributed by atoms with E-state index in [0.29, 0.717) is 0 Å². The van der Waals surface area contributed by atoms with Crippen LogP contribution in [0.2, 0.25) is 0 Å². The minimum absolute atomic E-state index is 0.0902. The summed E-state index contributed by atoms with van der Waals surface area (Å²) in [5, 5.41) is 4.56. The van der Waals surface area contributed by atoms with Crippen molar-refractivity contribution < 1.29 is 24.0 Å². The molecule has 9 heteroatoms. The summed E-state index contributed by atoms with van der Waals surface area (Å²) in [7, 11) is 0. The molecule has 0 saturated carbocycles. The number of hydroxylamine groups is 1. The van der Waals surface area contributed by atoms with Crippen molar-refractivity contribution in [1.29, 1.82) is 0 Å². The summed E-state index contributed by atoms with van der Waals surface area (Å²) >= 11 is 0. The predicted octanol–water partition coefficient (Wildman–Crippen LogP) is 0.391. The standard InChI is InChI=1S/C16H12N4O5/c21-13-12(14(22)19-16(24)18-13)15(23)20(10-6-2-1-3-7-10)25-11-8-4-5-9-17-11/h1-9,12H,(H2,18,19,21,22,24). The summed E-state index contributed by atoms with van der Waals surface area (Å²) in [4.78, 5) is 57.2. The van der Waals surface area contributed by atoms with Crippen LogP contribution in [-0.2, 0) is 14.4 Å². The van der Waals surface area contributed by atoms with Crippen LogP contribution >= 0.6 is 0 Å². The highest BCUT2D eigenvalue weighted by Gasteiger charge is 2.43. The van der Waals surface area contributed by atoms with Gasteiger partial charge in [-0.1, -0.05) is 24.3 Å². The zero-order valence-electron chi connectivity index (χ0n) is 12.7. The average Bonchev–Trinajstić information content (AvgIpc) is 2.60. The Morgan fingerprint density at radius 1 is 0.960 bits per heavy atom. The number of pyridine rings is 1. The number of amides is 5. The van der Waals surface area contributed by atoms with E-state index in [4.69, 9.17) is 4.84 Å². The Kier molecular flexibility index (Phi) is 4.38. The second-order valence-corrected chi connectivity index (χ2v) is 4.97. The Bertz CT molecular complexity index is 805. The van der Waals surface area contributed by atoms with Gasteiger partial charge < -0.3 is 4.84 Å². The molecular formula is C16H12N4O5. The molecule has 0 aliphatic carbocycles. The average molecular weight is 340 g/mol. The third-order valence-corrected chi connectivity index (χ3v) is 3.26. The fourth-order valence-corrected chi connectivity index (χ4v) is 2.14. The zero-order chi connectivity index (χ0) is 17.8. The van der Waals surface area contributed by atoms with E-state index >= 15 is 0 Å². The SMILES string of the molecule is O=C1NC(=O)C(C(=O)N(Oc2ccccn2)c2ccccc2)C(=O)N1. The fourth-order valence-electron chi connectivity index (χ4n) is 2.14. The number of imide groups is 2. The first-order valence-corrected chi connectivity index (χ1v) is 7.20. The maximum Gasteiger partial charge on any atom is 0.328 e. The van der Waals surface area contributed by atoms with Crippen LogP contribution in [0.4, 0.5) is 10.5 Å². The maximum atomic E-state index is 12.8. The number of benzene rings is 1. The second-order valence-electron chi connectivity index (χ2n) is 4.97. The molecule has 2 aromatic rings. The quantitative estimate of drug-likeness (QED) is 0.614. The van der Waals surface area contributed by atoms with Crippen molar-refractivity contribution in [2.75, 3.05) is 5.06 Å². The summed E-state index contributed by atoms with van der Waals surface area (Å²) in [6, 6.07) is 12.0. The minimum atomic E-state index is -1.76. The molecule has 0 spiro atoms. The molecule has 0 atom stereocenters. The van der Waals surface area contributed by atoms with Crippen molar-refractivity contribution in [2.45, 2.75) is 0 Å². The van der Waals surface area contributed by atoms with Crippen LogP contribution in [0.3, 0.4) is 0 Å². The molecule has 5 amide bonds. The Labute approximate surface area is 141 Å². The van der Waals surface area contributed by atoms with Crippen LogP contribution in [0.5, 0.6) is 5.88 Å². The summed E-state index contributed by atoms with van der Waals surface area (Å²) in [6.45, 7) is 0. The Morgan fingerprint density at radius 2 is 1.60 bits per heavy atom. The van der Waals surface area contributed by atoms with Gasteiger partial charge in [0.25, 0.3) is 5.91 Å². The van der Waals surface area contributed by atoms with E-state index in [-0.39, 0.29) is 11.6 Å². The number of nitrogens with zero attached hydrogens (tertiary/aromatic N) is 2. The van der Waals surface area contributed by atoms with E-state index in [9.17, 15) is 19.2 Å². The second kappa shape index (κ2) is 6.79. The molecule has 0 radical (unpaired) electrons. The lowest BCUT2D eigenvalue weighted by atomic mass is 10.0. The Morgan fingerprint density at radius 3 is 2.20 bits per heavy atom. The lowest BCUT2D eigenvalue weighted by molar-refractivity contribution is -0.143. The van der Waals surface area contributed by atoms with Crippen LogP contribution < -0.4 is 20.5 Å². The third-order valence-electron chi connectivity index (χ3n) is 3.26. The van der Waals surface area contributed by atoms with E-state index in [1.54, 1.807) is 42.5 Å². The number of carbonyl (C=O) groups is 4. The van der Waals surface area contributed by atoms with Gasteiger partial charge in [-0.3, -0.25) is 25.0 Å². The number of carbonyl (C=O) groups excluding carboxylic acids is 4. The number of rotatable bonds is 4. The molecule has 0 unspecified atom stereocenters. The number of para-hydroxylation sites is 1. The molecule has 1 aromatic carbocycles. The van der Waals surface area contributed by atoms with Gasteiger partial charge in [0.15, 0.2) is 5.92 Å². The molecule has 9 nitrogen and oxygen atoms in total. The summed E-state index contributed by atoms with van der Waals surface area (Å²) in [5.74, 6) is -4.68. The highest BCUT2D eigenvalue weighted by Crippen LogP contribution is 2.20. The van der Waals surface area contributed by atoms with Gasteiger partial charge in [0.1, 0.15) is 0 Å². The van der Waals surface area contributed by atoms with Crippen LogP contribution in [0.25, 0.3) is 0 Å². The van der Waals surface area contributed by atoms with E-state index < -0.39 is 29.7 Å². The van der Waals surface area contributed by atoms with E-state index in [0.717, 1.165) is 5.06 Å². The van der Waals surface area contributed by atoms with Crippen molar-refractivity contribution in [2.24, 2.45) is 5.92 Å². The van der Waals surface area contributed by atoms with Crippen molar-refractivity contribution in [1.82, 2.24) is 15.6 Å². The number of hydrogen-bond acceptors (Lipinski definition) is 6. The molecule has 126 valence electrons. The van der Waals surface area contributed by atoms with Gasteiger partial charge in [-0.05, 0) is 18.2 Å². The molecule has 3 rings (SSSR count). The number of hydrogen-bond donors (Lipinski definition) is 2. The summed E-state index contributed by atoms with van der Waals surface area (Å²) in [6.07, 6.45) is 1.46. The molecule has 1 fully saturated rings. The van der Waals surface area contributed by atoms with Gasteiger partial charge in [-0.2, -0.15) is 0 Å². The normalized spacial score (nSPS) is 14.5. The van der Waals surface area contributed by atoms with Crippen molar-refractivity contribution in [3.63, 3.8) is 0 Å². The van der Waals surface area contributed by atoms with Crippen molar-refractivity contribution >= 4 is 29.4 Å². The van der Waals surface area contributed by atoms with Crippen LogP contribution in [0.1, 0.15) is 0 Å². The van der Waals surface area contributed by atoms with Gasteiger partial charge in [-0.25, -0.2) is 9.78 Å². The monoisotopic (exact) mass is 340 g/mol. The van der Waals surface area contributed by atoms with E-state index in [1.807, 2.05) is 10.6 Å². The Hall–Kier alpha value is -3.75. The van der Waals surface area contributed by atoms with Crippen molar-refractivity contribution in [3.8, 4) is 5.88 Å². The molecular weight excluding hydrogens is 328 g/mol. The first-order valence-electron chi connectivity index (χ1n) is 7.20. The molecule has 2 N–H and O–H groups in total. The van der Waals surface area contributed by atoms with Gasteiger partial charge in [0.2, 0.25) is 17.7 Å². The highest BCUT2D eigenvalue weighted by atomic mass is 16.7. The number of urea groups is 1. The first kappa shape index (κ1) is 16.1. The molecule has 1 aromatic heterocycles. The van der Waals surface area contributed by atoms with Gasteiger partial charge in [-0.15, -0.1) is 5.06 Å². The van der Waals surface area contributed by atoms with E-state index in [1.165, 1.54) is 12.3 Å². The van der Waals surface area contributed by atoms with Gasteiger partial charge >= 0.3 is 6.03 Å². The lowest BCUT2D eigenvalue weighted by Crippen LogP contribution is -2.60. The number of aromatic nitrogens is 1. The Balaban J connectivity index is 1.93. The zero-order valence-corrected chi connectivity index (χ0v) is 12.7. The third kappa shape index (κ3) is 3.44. The van der Waals surface area contributed by atoms with Crippen LogP contribution in [0.15, 0.2) is 54.7 Å². The summed E-state index contributed by atoms with van der Waals surface area (Å²) < 4.78 is 0. The molecule has 1 aliphatic rings. The van der Waals surface area contributed by atoms with Gasteiger partial charge in [0, 0.05) is 12.3 Å². The molecule has 0 bridgehead atoms. The first-order chi connectivity index (χ1) is 12.1. The fraction of sp³-hybridized carbons (Fsp3) is 0.0625. The number of nitrogens with one attached hydrogen (secondary N) is 2.